The molecule has 4 heteroatoms. The fourth-order valence-electron chi connectivity index (χ4n) is 2.31. The first-order chi connectivity index (χ1) is 10.2. The van der Waals surface area contributed by atoms with Crippen molar-refractivity contribution < 1.29 is 10.0 Å². The quantitative estimate of drug-likeness (QED) is 0.608. The highest BCUT2D eigenvalue weighted by atomic mass is 32.2. The van der Waals surface area contributed by atoms with Gasteiger partial charge in [0.15, 0.2) is 0 Å². The normalized spacial score (nSPS) is 12.1. The van der Waals surface area contributed by atoms with Gasteiger partial charge in [0.1, 0.15) is 0 Å². The van der Waals surface area contributed by atoms with Crippen LogP contribution in [0.5, 0.6) is 0 Å². The molecule has 0 radical (unpaired) electrons. The van der Waals surface area contributed by atoms with Crippen molar-refractivity contribution >= 4 is 24.3 Å². The van der Waals surface area contributed by atoms with Gasteiger partial charge in [-0.05, 0) is 23.5 Å². The molecule has 21 heavy (non-hydrogen) atoms. The molecule has 0 aromatic heterocycles. The van der Waals surface area contributed by atoms with Gasteiger partial charge in [0, 0.05) is 10.1 Å². The van der Waals surface area contributed by atoms with Crippen LogP contribution in [0.25, 0.3) is 0 Å². The third-order valence-electron chi connectivity index (χ3n) is 3.46. The molecule has 0 aliphatic carbocycles. The van der Waals surface area contributed by atoms with Crippen molar-refractivity contribution in [2.24, 2.45) is 0 Å². The van der Waals surface area contributed by atoms with E-state index in [-0.39, 0.29) is 0 Å². The maximum atomic E-state index is 9.51. The van der Waals surface area contributed by atoms with Crippen LogP contribution in [0.2, 0.25) is 0 Å². The van der Waals surface area contributed by atoms with Crippen molar-refractivity contribution in [3.8, 4) is 0 Å². The summed E-state index contributed by atoms with van der Waals surface area (Å²) in [4.78, 5) is 0.942. The molecule has 0 aliphatic heterocycles. The van der Waals surface area contributed by atoms with Crippen molar-refractivity contribution in [1.82, 2.24) is 0 Å². The number of hydrogen-bond donors (Lipinski definition) is 2. The molecule has 1 atom stereocenters. The Hall–Kier alpha value is -1.23. The molecule has 0 spiro atoms. The molecule has 0 heterocycles. The first kappa shape index (κ1) is 16.2. The Morgan fingerprint density at radius 3 is 2.33 bits per heavy atom. The summed E-state index contributed by atoms with van der Waals surface area (Å²) in [5.74, 6) is 0. The Labute approximate surface area is 131 Å². The lowest BCUT2D eigenvalue weighted by molar-refractivity contribution is 0.425. The van der Waals surface area contributed by atoms with Gasteiger partial charge in [-0.2, -0.15) is 0 Å². The van der Waals surface area contributed by atoms with Gasteiger partial charge >= 0.3 is 7.12 Å². The van der Waals surface area contributed by atoms with Crippen LogP contribution in [0.3, 0.4) is 0 Å². The largest absolute Gasteiger partial charge is 0.489 e. The van der Waals surface area contributed by atoms with Gasteiger partial charge in [-0.3, -0.25) is 0 Å². The van der Waals surface area contributed by atoms with Gasteiger partial charge in [0.05, 0.1) is 0 Å². The van der Waals surface area contributed by atoms with E-state index in [0.717, 1.165) is 24.2 Å². The van der Waals surface area contributed by atoms with Crippen molar-refractivity contribution in [2.75, 3.05) is 0 Å². The fraction of sp³-hybridized carbons (Fsp3) is 0.294. The Balaban J connectivity index is 2.23. The van der Waals surface area contributed by atoms with Crippen LogP contribution in [0.15, 0.2) is 59.5 Å². The molecule has 1 unspecified atom stereocenters. The molecule has 0 amide bonds. The first-order valence-corrected chi connectivity index (χ1v) is 8.27. The zero-order valence-corrected chi connectivity index (χ0v) is 13.1. The van der Waals surface area contributed by atoms with E-state index in [1.54, 1.807) is 17.8 Å². The number of hydrogen-bond acceptors (Lipinski definition) is 3. The van der Waals surface area contributed by atoms with E-state index in [9.17, 15) is 10.0 Å². The number of benzene rings is 2. The average Bonchev–Trinajstić information content (AvgIpc) is 2.52. The van der Waals surface area contributed by atoms with Crippen LogP contribution in [0.1, 0.15) is 37.0 Å². The highest BCUT2D eigenvalue weighted by Crippen LogP contribution is 2.38. The molecule has 2 rings (SSSR count). The predicted molar refractivity (Wildman–Crippen MR) is 90.8 cm³/mol. The third-order valence-corrected chi connectivity index (χ3v) is 4.88. The smallest absolute Gasteiger partial charge is 0.423 e. The summed E-state index contributed by atoms with van der Waals surface area (Å²) in [6, 6.07) is 17.9. The van der Waals surface area contributed by atoms with Gasteiger partial charge in [-0.1, -0.05) is 68.3 Å². The average molecular weight is 300 g/mol. The standard InChI is InChI=1S/C17H21BO2S/c1-2-3-12-16(14-9-5-4-6-10-14)21-17-13-8-7-11-15(17)18(19)20/h4-11,13,16,19-20H,2-3,12H2,1H3. The number of thioether (sulfide) groups is 1. The van der Waals surface area contributed by atoms with Gasteiger partial charge in [-0.15, -0.1) is 11.8 Å². The second-order valence-electron chi connectivity index (χ2n) is 5.07. The monoisotopic (exact) mass is 300 g/mol. The summed E-state index contributed by atoms with van der Waals surface area (Å²) < 4.78 is 0. The minimum absolute atomic E-state index is 0.339. The molecular formula is C17H21BO2S. The lowest BCUT2D eigenvalue weighted by Gasteiger charge is -2.18. The summed E-state index contributed by atoms with van der Waals surface area (Å²) in [6.45, 7) is 2.19. The van der Waals surface area contributed by atoms with E-state index < -0.39 is 7.12 Å². The van der Waals surface area contributed by atoms with Crippen LogP contribution in [0, 0.1) is 0 Å². The molecule has 2 aromatic rings. The van der Waals surface area contributed by atoms with Crippen LogP contribution < -0.4 is 5.46 Å². The van der Waals surface area contributed by atoms with E-state index in [2.05, 4.69) is 31.2 Å². The lowest BCUT2D eigenvalue weighted by atomic mass is 9.80. The SMILES string of the molecule is CCCCC(Sc1ccccc1B(O)O)c1ccccc1. The Morgan fingerprint density at radius 2 is 1.67 bits per heavy atom. The van der Waals surface area contributed by atoms with Crippen molar-refractivity contribution in [1.29, 1.82) is 0 Å². The highest BCUT2D eigenvalue weighted by molar-refractivity contribution is 7.99. The molecule has 110 valence electrons. The second-order valence-corrected chi connectivity index (χ2v) is 6.32. The van der Waals surface area contributed by atoms with Crippen LogP contribution >= 0.6 is 11.8 Å². The van der Waals surface area contributed by atoms with E-state index in [4.69, 9.17) is 0 Å². The molecule has 0 saturated heterocycles. The van der Waals surface area contributed by atoms with E-state index in [1.165, 1.54) is 5.56 Å². The molecule has 2 nitrogen and oxygen atoms in total. The molecule has 0 aliphatic rings. The molecular weight excluding hydrogens is 279 g/mol. The highest BCUT2D eigenvalue weighted by Gasteiger charge is 2.19. The summed E-state index contributed by atoms with van der Waals surface area (Å²) in [5.41, 5.74) is 1.87. The van der Waals surface area contributed by atoms with Crippen molar-refractivity contribution in [2.45, 2.75) is 36.3 Å². The van der Waals surface area contributed by atoms with E-state index >= 15 is 0 Å². The lowest BCUT2D eigenvalue weighted by Crippen LogP contribution is -2.31. The first-order valence-electron chi connectivity index (χ1n) is 7.39. The molecule has 2 N–H and O–H groups in total. The van der Waals surface area contributed by atoms with Crippen LogP contribution in [-0.2, 0) is 0 Å². The molecule has 2 aromatic carbocycles. The zero-order valence-electron chi connectivity index (χ0n) is 12.3. The molecule has 0 bridgehead atoms. The Bertz CT molecular complexity index is 545. The van der Waals surface area contributed by atoms with Gasteiger partial charge < -0.3 is 10.0 Å². The van der Waals surface area contributed by atoms with Gasteiger partial charge in [0.2, 0.25) is 0 Å². The maximum absolute atomic E-state index is 9.51. The second kappa shape index (κ2) is 8.27. The minimum Gasteiger partial charge on any atom is -0.423 e. The van der Waals surface area contributed by atoms with E-state index in [0.29, 0.717) is 10.7 Å². The molecule has 0 saturated carbocycles. The topological polar surface area (TPSA) is 40.5 Å². The number of unbranched alkanes of at least 4 members (excludes halogenated alkanes) is 1. The summed E-state index contributed by atoms with van der Waals surface area (Å²) >= 11 is 1.72. The van der Waals surface area contributed by atoms with Crippen molar-refractivity contribution in [3.05, 3.63) is 60.2 Å². The minimum atomic E-state index is -1.42. The van der Waals surface area contributed by atoms with E-state index in [1.807, 2.05) is 24.3 Å². The number of rotatable bonds is 7. The Morgan fingerprint density at radius 1 is 1.00 bits per heavy atom. The third kappa shape index (κ3) is 4.63. The zero-order chi connectivity index (χ0) is 15.1. The summed E-state index contributed by atoms with van der Waals surface area (Å²) in [6.07, 6.45) is 3.41. The predicted octanol–water partition coefficient (Wildman–Crippen LogP) is 3.39. The fourth-order valence-corrected chi connectivity index (χ4v) is 3.66. The van der Waals surface area contributed by atoms with Crippen LogP contribution in [-0.4, -0.2) is 17.2 Å². The molecule has 0 fully saturated rings. The van der Waals surface area contributed by atoms with Crippen LogP contribution in [0.4, 0.5) is 0 Å². The Kier molecular flexibility index (Phi) is 6.36. The maximum Gasteiger partial charge on any atom is 0.489 e. The van der Waals surface area contributed by atoms with Crippen molar-refractivity contribution in [3.63, 3.8) is 0 Å². The summed E-state index contributed by atoms with van der Waals surface area (Å²) in [5, 5.41) is 19.4. The summed E-state index contributed by atoms with van der Waals surface area (Å²) in [7, 11) is -1.42. The van der Waals surface area contributed by atoms with Gasteiger partial charge in [0.25, 0.3) is 0 Å². The van der Waals surface area contributed by atoms with Gasteiger partial charge in [-0.25, -0.2) is 0 Å².